The lowest BCUT2D eigenvalue weighted by molar-refractivity contribution is -0.122. The molecule has 1 saturated carbocycles. The van der Waals surface area contributed by atoms with Crippen molar-refractivity contribution in [2.24, 2.45) is 11.8 Å². The first-order valence-corrected chi connectivity index (χ1v) is 8.11. The van der Waals surface area contributed by atoms with Gasteiger partial charge in [0.15, 0.2) is 0 Å². The maximum atomic E-state index is 12.0. The second-order valence-electron chi connectivity index (χ2n) is 6.18. The third-order valence-corrected chi connectivity index (χ3v) is 4.13. The molecule has 5 heteroatoms. The summed E-state index contributed by atoms with van der Waals surface area (Å²) >= 11 is 0. The molecule has 0 bridgehead atoms. The standard InChI is InChI=1S/C19H21N3O2/c1-13-10-17(13)18(23)20-12-14-6-5-9-16(11-14)22-19(24)21-15-7-3-2-4-8-15/h2-9,11,13,17H,10,12H2,1H3,(H,20,23)(H2,21,22,24)/t13-,17-/m1/s1. The summed E-state index contributed by atoms with van der Waals surface area (Å²) in [6, 6.07) is 16.4. The van der Waals surface area contributed by atoms with Crippen LogP contribution in [0.4, 0.5) is 16.2 Å². The van der Waals surface area contributed by atoms with Gasteiger partial charge < -0.3 is 16.0 Å². The monoisotopic (exact) mass is 323 g/mol. The predicted octanol–water partition coefficient (Wildman–Crippen LogP) is 3.60. The van der Waals surface area contributed by atoms with Crippen LogP contribution in [0.1, 0.15) is 18.9 Å². The molecule has 2 aromatic rings. The van der Waals surface area contributed by atoms with Gasteiger partial charge in [-0.25, -0.2) is 4.79 Å². The number of rotatable bonds is 5. The SMILES string of the molecule is C[C@@H]1C[C@H]1C(=O)NCc1cccc(NC(=O)Nc2ccccc2)c1. The van der Waals surface area contributed by atoms with Crippen LogP contribution in [0.2, 0.25) is 0 Å². The Hall–Kier alpha value is -2.82. The van der Waals surface area contributed by atoms with E-state index in [0.717, 1.165) is 17.7 Å². The molecule has 3 N–H and O–H groups in total. The van der Waals surface area contributed by atoms with Crippen LogP contribution in [0.3, 0.4) is 0 Å². The predicted molar refractivity (Wildman–Crippen MR) is 94.6 cm³/mol. The smallest absolute Gasteiger partial charge is 0.323 e. The van der Waals surface area contributed by atoms with Gasteiger partial charge in [-0.15, -0.1) is 0 Å². The lowest BCUT2D eigenvalue weighted by atomic mass is 10.2. The van der Waals surface area contributed by atoms with Crippen molar-refractivity contribution in [3.8, 4) is 0 Å². The molecule has 0 spiro atoms. The zero-order valence-electron chi connectivity index (χ0n) is 13.6. The topological polar surface area (TPSA) is 70.2 Å². The molecule has 0 heterocycles. The Kier molecular flexibility index (Phi) is 4.79. The third-order valence-electron chi connectivity index (χ3n) is 4.13. The molecule has 0 unspecified atom stereocenters. The van der Waals surface area contributed by atoms with Gasteiger partial charge in [0.2, 0.25) is 5.91 Å². The lowest BCUT2D eigenvalue weighted by Crippen LogP contribution is -2.25. The van der Waals surface area contributed by atoms with Crippen LogP contribution in [0.25, 0.3) is 0 Å². The van der Waals surface area contributed by atoms with E-state index in [9.17, 15) is 9.59 Å². The maximum Gasteiger partial charge on any atom is 0.323 e. The van der Waals surface area contributed by atoms with Gasteiger partial charge in [0.05, 0.1) is 0 Å². The fraction of sp³-hybridized carbons (Fsp3) is 0.263. The van der Waals surface area contributed by atoms with Gasteiger partial charge in [-0.05, 0) is 42.2 Å². The lowest BCUT2D eigenvalue weighted by Gasteiger charge is -2.10. The van der Waals surface area contributed by atoms with Crippen LogP contribution in [0.5, 0.6) is 0 Å². The van der Waals surface area contributed by atoms with Crippen LogP contribution < -0.4 is 16.0 Å². The highest BCUT2D eigenvalue weighted by atomic mass is 16.2. The Morgan fingerprint density at radius 1 is 1.00 bits per heavy atom. The van der Waals surface area contributed by atoms with Crippen LogP contribution in [-0.2, 0) is 11.3 Å². The largest absolute Gasteiger partial charge is 0.352 e. The van der Waals surface area contributed by atoms with Gasteiger partial charge in [-0.3, -0.25) is 4.79 Å². The molecule has 24 heavy (non-hydrogen) atoms. The number of para-hydroxylation sites is 1. The fourth-order valence-electron chi connectivity index (χ4n) is 2.58. The zero-order chi connectivity index (χ0) is 16.9. The minimum atomic E-state index is -0.297. The van der Waals surface area contributed by atoms with Crippen molar-refractivity contribution < 1.29 is 9.59 Å². The van der Waals surface area contributed by atoms with Gasteiger partial charge in [0.1, 0.15) is 0 Å². The van der Waals surface area contributed by atoms with E-state index in [2.05, 4.69) is 22.9 Å². The van der Waals surface area contributed by atoms with Crippen molar-refractivity contribution in [1.82, 2.24) is 5.32 Å². The van der Waals surface area contributed by atoms with Crippen molar-refractivity contribution in [3.63, 3.8) is 0 Å². The summed E-state index contributed by atoms with van der Waals surface area (Å²) in [5.41, 5.74) is 2.38. The van der Waals surface area contributed by atoms with Gasteiger partial charge in [0.25, 0.3) is 0 Å². The van der Waals surface area contributed by atoms with Crippen LogP contribution in [-0.4, -0.2) is 11.9 Å². The quantitative estimate of drug-likeness (QED) is 0.787. The molecule has 5 nitrogen and oxygen atoms in total. The summed E-state index contributed by atoms with van der Waals surface area (Å²) in [7, 11) is 0. The number of anilines is 2. The summed E-state index contributed by atoms with van der Waals surface area (Å²) in [4.78, 5) is 23.9. The first-order valence-electron chi connectivity index (χ1n) is 8.11. The summed E-state index contributed by atoms with van der Waals surface area (Å²) in [5, 5.41) is 8.51. The molecule has 2 aromatic carbocycles. The minimum absolute atomic E-state index is 0.114. The highest BCUT2D eigenvalue weighted by Crippen LogP contribution is 2.37. The fourth-order valence-corrected chi connectivity index (χ4v) is 2.58. The summed E-state index contributed by atoms with van der Waals surface area (Å²) in [5.74, 6) is 0.783. The molecular formula is C19H21N3O2. The Morgan fingerprint density at radius 3 is 2.38 bits per heavy atom. The van der Waals surface area contributed by atoms with Gasteiger partial charge >= 0.3 is 6.03 Å². The molecular weight excluding hydrogens is 302 g/mol. The van der Waals surface area contributed by atoms with E-state index in [0.29, 0.717) is 18.2 Å². The Labute approximate surface area is 141 Å². The molecule has 0 aliphatic heterocycles. The maximum absolute atomic E-state index is 12.0. The van der Waals surface area contributed by atoms with E-state index in [1.165, 1.54) is 0 Å². The molecule has 2 atom stereocenters. The van der Waals surface area contributed by atoms with Gasteiger partial charge in [-0.1, -0.05) is 37.3 Å². The number of carbonyl (C=O) groups excluding carboxylic acids is 2. The first-order chi connectivity index (χ1) is 11.6. The highest BCUT2D eigenvalue weighted by Gasteiger charge is 2.38. The van der Waals surface area contributed by atoms with Crippen molar-refractivity contribution >= 4 is 23.3 Å². The van der Waals surface area contributed by atoms with E-state index in [-0.39, 0.29) is 17.9 Å². The number of hydrogen-bond donors (Lipinski definition) is 3. The molecule has 1 fully saturated rings. The molecule has 3 rings (SSSR count). The van der Waals surface area contributed by atoms with E-state index >= 15 is 0 Å². The third kappa shape index (κ3) is 4.35. The second kappa shape index (κ2) is 7.17. The van der Waals surface area contributed by atoms with E-state index in [1.54, 1.807) is 0 Å². The van der Waals surface area contributed by atoms with E-state index in [1.807, 2.05) is 54.6 Å². The summed E-state index contributed by atoms with van der Waals surface area (Å²) < 4.78 is 0. The average Bonchev–Trinajstić information content (AvgIpc) is 3.31. The van der Waals surface area contributed by atoms with Crippen LogP contribution in [0.15, 0.2) is 54.6 Å². The number of benzene rings is 2. The average molecular weight is 323 g/mol. The van der Waals surface area contributed by atoms with Gasteiger partial charge in [0, 0.05) is 23.8 Å². The van der Waals surface area contributed by atoms with Crippen molar-refractivity contribution in [2.75, 3.05) is 10.6 Å². The van der Waals surface area contributed by atoms with Crippen molar-refractivity contribution in [3.05, 3.63) is 60.2 Å². The Balaban J connectivity index is 1.52. The second-order valence-corrected chi connectivity index (χ2v) is 6.18. The van der Waals surface area contributed by atoms with Crippen LogP contribution >= 0.6 is 0 Å². The number of urea groups is 1. The van der Waals surface area contributed by atoms with E-state index in [4.69, 9.17) is 0 Å². The molecule has 124 valence electrons. The molecule has 0 radical (unpaired) electrons. The normalized spacial score (nSPS) is 18.5. The molecule has 0 saturated heterocycles. The summed E-state index contributed by atoms with van der Waals surface area (Å²) in [6.07, 6.45) is 0.979. The number of hydrogen-bond acceptors (Lipinski definition) is 2. The first kappa shape index (κ1) is 16.1. The van der Waals surface area contributed by atoms with Crippen molar-refractivity contribution in [2.45, 2.75) is 19.9 Å². The number of amides is 3. The highest BCUT2D eigenvalue weighted by molar-refractivity contribution is 5.99. The Morgan fingerprint density at radius 2 is 1.67 bits per heavy atom. The van der Waals surface area contributed by atoms with E-state index < -0.39 is 0 Å². The molecule has 1 aliphatic rings. The number of nitrogens with one attached hydrogen (secondary N) is 3. The minimum Gasteiger partial charge on any atom is -0.352 e. The molecule has 1 aliphatic carbocycles. The van der Waals surface area contributed by atoms with Crippen LogP contribution in [0, 0.1) is 11.8 Å². The zero-order valence-corrected chi connectivity index (χ0v) is 13.6. The van der Waals surface area contributed by atoms with Gasteiger partial charge in [-0.2, -0.15) is 0 Å². The van der Waals surface area contributed by atoms with Crippen molar-refractivity contribution in [1.29, 1.82) is 0 Å². The Bertz CT molecular complexity index is 730. The molecule has 0 aromatic heterocycles. The molecule has 3 amide bonds. The number of carbonyl (C=O) groups is 2. The summed E-state index contributed by atoms with van der Waals surface area (Å²) in [6.45, 7) is 2.55.